The van der Waals surface area contributed by atoms with Gasteiger partial charge in [0.1, 0.15) is 5.82 Å². The van der Waals surface area contributed by atoms with Crippen molar-refractivity contribution in [2.45, 2.75) is 38.6 Å². The molecule has 2 heterocycles. The molecule has 1 aliphatic heterocycles. The minimum atomic E-state index is -0.730. The summed E-state index contributed by atoms with van der Waals surface area (Å²) in [5.41, 5.74) is 1.71. The zero-order chi connectivity index (χ0) is 13.3. The molecule has 2 unspecified atom stereocenters. The Bertz CT molecular complexity index is 413. The Balaban J connectivity index is 2.30. The van der Waals surface area contributed by atoms with E-state index >= 15 is 0 Å². The number of pyridine rings is 1. The maximum atomic E-state index is 9.57. The van der Waals surface area contributed by atoms with Crippen molar-refractivity contribution in [3.05, 3.63) is 23.4 Å². The molecule has 1 aliphatic rings. The summed E-state index contributed by atoms with van der Waals surface area (Å²) in [4.78, 5) is 6.37. The summed E-state index contributed by atoms with van der Waals surface area (Å²) in [6.45, 7) is 4.80. The number of rotatable bonds is 3. The molecule has 0 aliphatic carbocycles. The monoisotopic (exact) mass is 252 g/mol. The smallest absolute Gasteiger partial charge is 0.129 e. The average molecular weight is 252 g/mol. The van der Waals surface area contributed by atoms with Gasteiger partial charge in [0.25, 0.3) is 0 Å². The molecule has 0 saturated carbocycles. The molecule has 1 aromatic rings. The van der Waals surface area contributed by atoms with E-state index in [9.17, 15) is 15.3 Å². The summed E-state index contributed by atoms with van der Waals surface area (Å²) in [5.74, 6) is 0.980. The van der Waals surface area contributed by atoms with Gasteiger partial charge < -0.3 is 20.2 Å². The van der Waals surface area contributed by atoms with Crippen LogP contribution in [0.2, 0.25) is 0 Å². The van der Waals surface area contributed by atoms with E-state index in [-0.39, 0.29) is 12.5 Å². The van der Waals surface area contributed by atoms with Crippen molar-refractivity contribution in [2.75, 3.05) is 18.0 Å². The molecule has 18 heavy (non-hydrogen) atoms. The predicted octanol–water partition coefficient (Wildman–Crippen LogP) is 0.239. The molecular weight excluding hydrogens is 232 g/mol. The second-order valence-corrected chi connectivity index (χ2v) is 5.11. The lowest BCUT2D eigenvalue weighted by atomic mass is 10.1. The Morgan fingerprint density at radius 2 is 1.89 bits per heavy atom. The van der Waals surface area contributed by atoms with Crippen molar-refractivity contribution in [2.24, 2.45) is 0 Å². The first-order chi connectivity index (χ1) is 8.51. The molecule has 0 radical (unpaired) electrons. The van der Waals surface area contributed by atoms with Gasteiger partial charge in [0.15, 0.2) is 0 Å². The summed E-state index contributed by atoms with van der Waals surface area (Å²) >= 11 is 0. The number of aliphatic hydroxyl groups is 3. The van der Waals surface area contributed by atoms with Crippen LogP contribution >= 0.6 is 0 Å². The van der Waals surface area contributed by atoms with Crippen LogP contribution in [-0.2, 0) is 6.61 Å². The Hall–Kier alpha value is -1.17. The molecule has 5 heteroatoms. The molecule has 5 nitrogen and oxygen atoms in total. The van der Waals surface area contributed by atoms with Gasteiger partial charge in [-0.05, 0) is 23.6 Å². The predicted molar refractivity (Wildman–Crippen MR) is 68.5 cm³/mol. The summed E-state index contributed by atoms with van der Waals surface area (Å²) in [7, 11) is 0. The fourth-order valence-electron chi connectivity index (χ4n) is 2.10. The third-order valence-electron chi connectivity index (χ3n) is 3.25. The van der Waals surface area contributed by atoms with E-state index in [2.05, 4.69) is 4.98 Å². The van der Waals surface area contributed by atoms with Gasteiger partial charge in [-0.1, -0.05) is 13.8 Å². The molecule has 2 rings (SSSR count). The summed E-state index contributed by atoms with van der Waals surface area (Å²) < 4.78 is 0. The summed E-state index contributed by atoms with van der Waals surface area (Å²) in [5, 5.41) is 28.4. The van der Waals surface area contributed by atoms with E-state index in [4.69, 9.17) is 0 Å². The first-order valence-corrected chi connectivity index (χ1v) is 6.24. The molecule has 2 atom stereocenters. The fraction of sp³-hybridized carbons (Fsp3) is 0.615. The second-order valence-electron chi connectivity index (χ2n) is 5.11. The zero-order valence-electron chi connectivity index (χ0n) is 10.7. The highest BCUT2D eigenvalue weighted by molar-refractivity contribution is 5.45. The molecule has 1 aromatic heterocycles. The fourth-order valence-corrected chi connectivity index (χ4v) is 2.10. The number of hydrogen-bond donors (Lipinski definition) is 3. The summed E-state index contributed by atoms with van der Waals surface area (Å²) in [6, 6.07) is 3.69. The van der Waals surface area contributed by atoms with Crippen LogP contribution in [0.15, 0.2) is 12.1 Å². The van der Waals surface area contributed by atoms with Crippen molar-refractivity contribution < 1.29 is 15.3 Å². The van der Waals surface area contributed by atoms with Crippen molar-refractivity contribution in [3.63, 3.8) is 0 Å². The Labute approximate surface area is 107 Å². The van der Waals surface area contributed by atoms with Gasteiger partial charge in [0, 0.05) is 18.8 Å². The van der Waals surface area contributed by atoms with E-state index in [0.717, 1.165) is 11.3 Å². The third kappa shape index (κ3) is 2.63. The van der Waals surface area contributed by atoms with Gasteiger partial charge in [-0.2, -0.15) is 0 Å². The van der Waals surface area contributed by atoms with Crippen LogP contribution in [-0.4, -0.2) is 45.6 Å². The Kier molecular flexibility index (Phi) is 3.85. The first-order valence-electron chi connectivity index (χ1n) is 6.24. The largest absolute Gasteiger partial charge is 0.392 e. The molecular formula is C13H20N2O3. The summed E-state index contributed by atoms with van der Waals surface area (Å²) in [6.07, 6.45) is -1.46. The Morgan fingerprint density at radius 3 is 2.39 bits per heavy atom. The van der Waals surface area contributed by atoms with Crippen LogP contribution in [0.3, 0.4) is 0 Å². The number of nitrogens with zero attached hydrogens (tertiary/aromatic N) is 2. The maximum absolute atomic E-state index is 9.57. The molecule has 1 saturated heterocycles. The first kappa shape index (κ1) is 13.3. The van der Waals surface area contributed by atoms with E-state index in [1.807, 2.05) is 24.8 Å². The van der Waals surface area contributed by atoms with Gasteiger partial charge in [-0.3, -0.25) is 0 Å². The zero-order valence-corrected chi connectivity index (χ0v) is 10.7. The van der Waals surface area contributed by atoms with Gasteiger partial charge in [0.05, 0.1) is 18.8 Å². The van der Waals surface area contributed by atoms with Crippen molar-refractivity contribution >= 4 is 5.82 Å². The van der Waals surface area contributed by atoms with E-state index < -0.39 is 12.2 Å². The average Bonchev–Trinajstić information content (AvgIpc) is 2.69. The minimum absolute atomic E-state index is 0.0335. The molecule has 0 bridgehead atoms. The van der Waals surface area contributed by atoms with Crippen molar-refractivity contribution in [1.82, 2.24) is 4.98 Å². The number of hydrogen-bond acceptors (Lipinski definition) is 5. The number of aromatic nitrogens is 1. The van der Waals surface area contributed by atoms with E-state index in [1.54, 1.807) is 6.07 Å². The highest BCUT2D eigenvalue weighted by Gasteiger charge is 2.30. The molecule has 0 spiro atoms. The highest BCUT2D eigenvalue weighted by atomic mass is 16.3. The van der Waals surface area contributed by atoms with Crippen LogP contribution in [0.1, 0.15) is 31.0 Å². The van der Waals surface area contributed by atoms with E-state index in [1.165, 1.54) is 0 Å². The molecule has 0 aromatic carbocycles. The van der Waals surface area contributed by atoms with Gasteiger partial charge in [-0.15, -0.1) is 0 Å². The van der Waals surface area contributed by atoms with Gasteiger partial charge in [-0.25, -0.2) is 4.98 Å². The number of anilines is 1. The topological polar surface area (TPSA) is 76.8 Å². The standard InChI is InChI=1S/C13H20N2O3/c1-8(2)10-3-9(7-16)4-13(14-10)15-5-11(17)12(18)6-15/h3-4,8,11-12,16-18H,5-7H2,1-2H3. The van der Waals surface area contributed by atoms with Gasteiger partial charge >= 0.3 is 0 Å². The highest BCUT2D eigenvalue weighted by Crippen LogP contribution is 2.23. The molecule has 100 valence electrons. The molecule has 0 amide bonds. The molecule has 1 fully saturated rings. The van der Waals surface area contributed by atoms with Crippen LogP contribution in [0, 0.1) is 0 Å². The van der Waals surface area contributed by atoms with Crippen LogP contribution < -0.4 is 4.90 Å². The SMILES string of the molecule is CC(C)c1cc(CO)cc(N2CC(O)C(O)C2)n1. The quantitative estimate of drug-likeness (QED) is 0.718. The number of aliphatic hydroxyl groups excluding tert-OH is 3. The maximum Gasteiger partial charge on any atom is 0.129 e. The Morgan fingerprint density at radius 1 is 1.28 bits per heavy atom. The lowest BCUT2D eigenvalue weighted by Crippen LogP contribution is -2.23. The normalized spacial score (nSPS) is 24.0. The second kappa shape index (κ2) is 5.22. The van der Waals surface area contributed by atoms with Gasteiger partial charge in [0.2, 0.25) is 0 Å². The lowest BCUT2D eigenvalue weighted by Gasteiger charge is -2.19. The number of β-amino-alcohol motifs (C(OH)–C–C–N with tert-alkyl or cyclic N) is 2. The van der Waals surface area contributed by atoms with Crippen LogP contribution in [0.25, 0.3) is 0 Å². The minimum Gasteiger partial charge on any atom is -0.392 e. The van der Waals surface area contributed by atoms with Crippen molar-refractivity contribution in [1.29, 1.82) is 0 Å². The van der Waals surface area contributed by atoms with Crippen LogP contribution in [0.4, 0.5) is 5.82 Å². The van der Waals surface area contributed by atoms with Crippen LogP contribution in [0.5, 0.6) is 0 Å². The van der Waals surface area contributed by atoms with Crippen molar-refractivity contribution in [3.8, 4) is 0 Å². The lowest BCUT2D eigenvalue weighted by molar-refractivity contribution is 0.0572. The van der Waals surface area contributed by atoms with E-state index in [0.29, 0.717) is 18.9 Å². The molecule has 3 N–H and O–H groups in total. The third-order valence-corrected chi connectivity index (χ3v) is 3.25.